The number of non-ortho nitro benzene ring substituents is 1. The van der Waals surface area contributed by atoms with E-state index in [4.69, 9.17) is 11.5 Å². The smallest absolute Gasteiger partial charge is 0.270 e. The van der Waals surface area contributed by atoms with E-state index in [1.165, 1.54) is 12.1 Å². The first-order valence-corrected chi connectivity index (χ1v) is 12.9. The second-order valence-corrected chi connectivity index (χ2v) is 8.38. The van der Waals surface area contributed by atoms with Crippen molar-refractivity contribution in [3.05, 3.63) is 33.9 Å². The number of carbonyl (C=O) groups is 4. The van der Waals surface area contributed by atoms with Crippen LogP contribution in [0.3, 0.4) is 0 Å². The van der Waals surface area contributed by atoms with E-state index in [9.17, 15) is 29.3 Å². The number of hydrogen-bond donors (Lipinski definition) is 6. The van der Waals surface area contributed by atoms with E-state index in [0.29, 0.717) is 38.0 Å². The molecule has 0 aliphatic rings. The number of carbonyl (C=O) groups excluding carboxylic acids is 4. The number of amides is 4. The van der Waals surface area contributed by atoms with E-state index in [1.54, 1.807) is 6.92 Å². The zero-order valence-electron chi connectivity index (χ0n) is 23.0. The van der Waals surface area contributed by atoms with Gasteiger partial charge in [0.1, 0.15) is 12.1 Å². The van der Waals surface area contributed by atoms with E-state index in [-0.39, 0.29) is 30.1 Å². The maximum atomic E-state index is 13.2. The van der Waals surface area contributed by atoms with E-state index in [0.717, 1.165) is 6.07 Å². The summed E-state index contributed by atoms with van der Waals surface area (Å²) in [4.78, 5) is 60.6. The van der Waals surface area contributed by atoms with Crippen molar-refractivity contribution in [2.24, 2.45) is 17.4 Å². The first-order valence-electron chi connectivity index (χ1n) is 12.9. The molecule has 0 spiro atoms. The van der Waals surface area contributed by atoms with E-state index in [2.05, 4.69) is 21.3 Å². The third-order valence-corrected chi connectivity index (χ3v) is 5.62. The summed E-state index contributed by atoms with van der Waals surface area (Å²) in [5.41, 5.74) is 10.8. The number of nitro benzene ring substituents is 1. The minimum absolute atomic E-state index is 0.0193. The van der Waals surface area contributed by atoms with Gasteiger partial charge in [-0.3, -0.25) is 29.3 Å². The zero-order valence-corrected chi connectivity index (χ0v) is 23.0. The highest BCUT2D eigenvalue weighted by Gasteiger charge is 2.31. The van der Waals surface area contributed by atoms with Crippen LogP contribution in [0.4, 0.5) is 11.4 Å². The molecule has 0 aliphatic heterocycles. The average molecular weight is 538 g/mol. The Morgan fingerprint density at radius 1 is 1.05 bits per heavy atom. The number of anilines is 1. The van der Waals surface area contributed by atoms with Crippen LogP contribution in [-0.2, 0) is 14.4 Å². The summed E-state index contributed by atoms with van der Waals surface area (Å²) in [5, 5.41) is 21.9. The lowest BCUT2D eigenvalue weighted by Crippen LogP contribution is -2.56. The third-order valence-electron chi connectivity index (χ3n) is 5.62. The highest BCUT2D eigenvalue weighted by molar-refractivity contribution is 6.03. The van der Waals surface area contributed by atoms with Gasteiger partial charge in [0.05, 0.1) is 17.0 Å². The second kappa shape index (κ2) is 18.5. The van der Waals surface area contributed by atoms with Crippen LogP contribution in [0.15, 0.2) is 18.2 Å². The maximum absolute atomic E-state index is 13.2. The molecule has 0 aliphatic carbocycles. The molecule has 0 heterocycles. The molecule has 3 unspecified atom stereocenters. The molecule has 1 aromatic rings. The first kappa shape index (κ1) is 34.3. The Labute approximate surface area is 224 Å². The molecule has 0 bridgehead atoms. The van der Waals surface area contributed by atoms with Gasteiger partial charge in [-0.15, -0.1) is 0 Å². The van der Waals surface area contributed by atoms with Crippen molar-refractivity contribution in [1.82, 2.24) is 16.0 Å². The molecule has 0 radical (unpaired) electrons. The molecule has 0 aromatic heterocycles. The van der Waals surface area contributed by atoms with Crippen molar-refractivity contribution in [2.75, 3.05) is 25.0 Å². The summed E-state index contributed by atoms with van der Waals surface area (Å²) in [6.07, 6.45) is 1.97. The second-order valence-electron chi connectivity index (χ2n) is 8.38. The highest BCUT2D eigenvalue weighted by atomic mass is 16.6. The molecule has 0 saturated carbocycles. The Morgan fingerprint density at radius 3 is 2.24 bits per heavy atom. The SMILES string of the molecule is CC.CCNc1ccc([N+](=O)[O-])cc1C(=O)NC(C(=O)NC(CCCCN)C(=O)NCC(N)=O)C(C)CC. The standard InChI is InChI=1S/C23H37N7O6.C2H6/c1-4-14(3)20(23(34)28-18(8-6-7-11-24)22(33)27-13-19(25)31)29-21(32)16-12-15(30(35)36)9-10-17(16)26-5-2;1-2/h9-10,12,14,18,20,26H,4-8,11,13,24H2,1-3H3,(H2,25,31)(H,27,33)(H,28,34)(H,29,32);1-2H3. The molecule has 13 nitrogen and oxygen atoms in total. The number of nitro groups is 1. The van der Waals surface area contributed by atoms with Crippen LogP contribution in [-0.4, -0.2) is 60.3 Å². The summed E-state index contributed by atoms with van der Waals surface area (Å²) < 4.78 is 0. The molecule has 13 heteroatoms. The number of nitrogens with one attached hydrogen (secondary N) is 4. The van der Waals surface area contributed by atoms with E-state index < -0.39 is 40.6 Å². The zero-order chi connectivity index (χ0) is 29.3. The molecule has 3 atom stereocenters. The average Bonchev–Trinajstić information content (AvgIpc) is 2.90. The molecule has 0 saturated heterocycles. The van der Waals surface area contributed by atoms with Gasteiger partial charge >= 0.3 is 0 Å². The fourth-order valence-corrected chi connectivity index (χ4v) is 3.42. The highest BCUT2D eigenvalue weighted by Crippen LogP contribution is 2.23. The largest absolute Gasteiger partial charge is 0.385 e. The Morgan fingerprint density at radius 2 is 1.71 bits per heavy atom. The Kier molecular flexibility index (Phi) is 16.7. The van der Waals surface area contributed by atoms with Crippen LogP contribution < -0.4 is 32.7 Å². The third kappa shape index (κ3) is 11.5. The van der Waals surface area contributed by atoms with Gasteiger partial charge in [0.2, 0.25) is 17.7 Å². The van der Waals surface area contributed by atoms with Gasteiger partial charge in [-0.2, -0.15) is 0 Å². The van der Waals surface area contributed by atoms with E-state index >= 15 is 0 Å². The van der Waals surface area contributed by atoms with Crippen LogP contribution >= 0.6 is 0 Å². The molecule has 4 amide bonds. The van der Waals surface area contributed by atoms with Crippen molar-refractivity contribution < 1.29 is 24.1 Å². The van der Waals surface area contributed by atoms with Crippen LogP contribution in [0.2, 0.25) is 0 Å². The Bertz CT molecular complexity index is 941. The van der Waals surface area contributed by atoms with Crippen molar-refractivity contribution in [2.45, 2.75) is 72.4 Å². The summed E-state index contributed by atoms with van der Waals surface area (Å²) in [7, 11) is 0. The van der Waals surface area contributed by atoms with Crippen molar-refractivity contribution in [1.29, 1.82) is 0 Å². The molecule has 38 heavy (non-hydrogen) atoms. The predicted octanol–water partition coefficient (Wildman–Crippen LogP) is 1.41. The number of nitrogens with zero attached hydrogens (tertiary/aromatic N) is 1. The summed E-state index contributed by atoms with van der Waals surface area (Å²) in [5.74, 6) is -2.91. The number of nitrogens with two attached hydrogens (primary N) is 2. The Hall–Kier alpha value is -3.74. The topological polar surface area (TPSA) is 212 Å². The molecular weight excluding hydrogens is 494 g/mol. The van der Waals surface area contributed by atoms with Gasteiger partial charge in [-0.25, -0.2) is 0 Å². The van der Waals surface area contributed by atoms with Crippen LogP contribution in [0.25, 0.3) is 0 Å². The van der Waals surface area contributed by atoms with Gasteiger partial charge in [0, 0.05) is 24.4 Å². The summed E-state index contributed by atoms with van der Waals surface area (Å²) in [6, 6.07) is 1.86. The summed E-state index contributed by atoms with van der Waals surface area (Å²) in [6.45, 7) is 9.91. The normalized spacial score (nSPS) is 12.6. The number of benzene rings is 1. The van der Waals surface area contributed by atoms with Crippen LogP contribution in [0, 0.1) is 16.0 Å². The number of rotatable bonds is 16. The molecule has 0 fully saturated rings. The lowest BCUT2D eigenvalue weighted by Gasteiger charge is -2.27. The number of hydrogen-bond acceptors (Lipinski definition) is 8. The quantitative estimate of drug-likeness (QED) is 0.103. The lowest BCUT2D eigenvalue weighted by molar-refractivity contribution is -0.384. The Balaban J connectivity index is 0.00000667. The van der Waals surface area contributed by atoms with Crippen molar-refractivity contribution in [3.63, 3.8) is 0 Å². The monoisotopic (exact) mass is 537 g/mol. The predicted molar refractivity (Wildman–Crippen MR) is 146 cm³/mol. The maximum Gasteiger partial charge on any atom is 0.270 e. The van der Waals surface area contributed by atoms with Crippen molar-refractivity contribution in [3.8, 4) is 0 Å². The van der Waals surface area contributed by atoms with Gasteiger partial charge in [0.15, 0.2) is 0 Å². The van der Waals surface area contributed by atoms with Crippen LogP contribution in [0.5, 0.6) is 0 Å². The molecular formula is C25H43N7O6. The number of unbranched alkanes of at least 4 members (excludes halogenated alkanes) is 1. The van der Waals surface area contributed by atoms with E-state index in [1.807, 2.05) is 27.7 Å². The number of primary amides is 1. The van der Waals surface area contributed by atoms with Crippen LogP contribution in [0.1, 0.15) is 70.7 Å². The van der Waals surface area contributed by atoms with Gasteiger partial charge in [-0.1, -0.05) is 34.1 Å². The minimum Gasteiger partial charge on any atom is -0.385 e. The fourth-order valence-electron chi connectivity index (χ4n) is 3.42. The first-order chi connectivity index (χ1) is 18.0. The molecule has 8 N–H and O–H groups in total. The molecule has 214 valence electrons. The van der Waals surface area contributed by atoms with Gasteiger partial charge in [-0.05, 0) is 44.7 Å². The van der Waals surface area contributed by atoms with Gasteiger partial charge < -0.3 is 32.7 Å². The molecule has 1 aromatic carbocycles. The minimum atomic E-state index is -1.03. The molecule has 1 rings (SSSR count). The summed E-state index contributed by atoms with van der Waals surface area (Å²) >= 11 is 0. The van der Waals surface area contributed by atoms with Gasteiger partial charge in [0.25, 0.3) is 11.6 Å². The van der Waals surface area contributed by atoms with Crippen molar-refractivity contribution >= 4 is 35.0 Å². The fraction of sp³-hybridized carbons (Fsp3) is 0.600. The lowest BCUT2D eigenvalue weighted by atomic mass is 9.96.